The van der Waals surface area contributed by atoms with Crippen molar-refractivity contribution in [3.63, 3.8) is 0 Å². The van der Waals surface area contributed by atoms with E-state index in [0.29, 0.717) is 25.8 Å². The van der Waals surface area contributed by atoms with E-state index in [4.69, 9.17) is 9.16 Å². The lowest BCUT2D eigenvalue weighted by Gasteiger charge is -2.41. The summed E-state index contributed by atoms with van der Waals surface area (Å²) < 4.78 is 12.1. The molecule has 0 bridgehead atoms. The van der Waals surface area contributed by atoms with Crippen molar-refractivity contribution < 1.29 is 18.8 Å². The molecule has 1 amide bonds. The summed E-state index contributed by atoms with van der Waals surface area (Å²) in [5.74, 6) is 0.0646. The van der Waals surface area contributed by atoms with Gasteiger partial charge < -0.3 is 9.16 Å². The van der Waals surface area contributed by atoms with Crippen molar-refractivity contribution in [1.82, 2.24) is 4.90 Å². The number of carbonyl (C=O) groups excluding carboxylic acids is 2. The molecule has 6 heteroatoms. The summed E-state index contributed by atoms with van der Waals surface area (Å²) >= 11 is 0. The van der Waals surface area contributed by atoms with Gasteiger partial charge in [0.05, 0.1) is 5.60 Å². The third-order valence-corrected chi connectivity index (χ3v) is 10.2. The molecule has 1 aliphatic rings. The molecular formula is C25H43NO4Si. The van der Waals surface area contributed by atoms with Crippen LogP contribution < -0.4 is 0 Å². The van der Waals surface area contributed by atoms with Gasteiger partial charge in [-0.05, 0) is 84.2 Å². The predicted octanol–water partition coefficient (Wildman–Crippen LogP) is 6.76. The summed E-state index contributed by atoms with van der Waals surface area (Å²) in [4.78, 5) is 26.2. The average Bonchev–Trinajstić information content (AvgIpc) is 2.54. The van der Waals surface area contributed by atoms with Crippen LogP contribution in [0.5, 0.6) is 0 Å². The molecule has 0 saturated heterocycles. The Kier molecular flexibility index (Phi) is 9.13. The largest absolute Gasteiger partial charge is 0.443 e. The first-order valence-corrected chi connectivity index (χ1v) is 14.2. The van der Waals surface area contributed by atoms with Crippen molar-refractivity contribution in [2.45, 2.75) is 110 Å². The van der Waals surface area contributed by atoms with E-state index >= 15 is 0 Å². The molecule has 176 valence electrons. The Bertz CT molecular complexity index is 744. The van der Waals surface area contributed by atoms with Gasteiger partial charge in [0.1, 0.15) is 5.60 Å². The smallest absolute Gasteiger partial charge is 0.414 e. The molecule has 0 unspecified atom stereocenters. The Morgan fingerprint density at radius 2 is 1.74 bits per heavy atom. The van der Waals surface area contributed by atoms with Gasteiger partial charge >= 0.3 is 6.09 Å². The van der Waals surface area contributed by atoms with Crippen LogP contribution in [0.4, 0.5) is 4.79 Å². The first kappa shape index (κ1) is 27.4. The second kappa shape index (κ2) is 10.3. The van der Waals surface area contributed by atoms with E-state index in [2.05, 4.69) is 53.4 Å². The number of ether oxygens (including phenoxy) is 1. The summed E-state index contributed by atoms with van der Waals surface area (Å²) in [6.07, 6.45) is 7.66. The molecule has 0 aromatic rings. The number of allylic oxidation sites excluding steroid dienone is 2. The summed E-state index contributed by atoms with van der Waals surface area (Å²) in [6.45, 7) is 21.2. The molecule has 0 aromatic carbocycles. The third-order valence-electron chi connectivity index (χ3n) is 5.51. The van der Waals surface area contributed by atoms with Gasteiger partial charge in [0.25, 0.3) is 0 Å². The third kappa shape index (κ3) is 9.59. The number of rotatable bonds is 7. The summed E-state index contributed by atoms with van der Waals surface area (Å²) in [6, 6.07) is 0. The number of hydrogen-bond acceptors (Lipinski definition) is 4. The monoisotopic (exact) mass is 449 g/mol. The van der Waals surface area contributed by atoms with Gasteiger partial charge in [-0.2, -0.15) is 0 Å². The molecule has 5 nitrogen and oxygen atoms in total. The lowest BCUT2D eigenvalue weighted by Crippen LogP contribution is -2.46. The SMILES string of the molecule is CC(C)(C)OC(=O)N(CCC=C=CC(C)(C)O[Si](C)(C)C(C)(C)C)C1=CC(=O)CCC1. The van der Waals surface area contributed by atoms with E-state index in [1.54, 1.807) is 11.0 Å². The fourth-order valence-corrected chi connectivity index (χ4v) is 4.71. The van der Waals surface area contributed by atoms with Crippen LogP contribution in [0, 0.1) is 0 Å². The topological polar surface area (TPSA) is 55.8 Å². The highest BCUT2D eigenvalue weighted by Crippen LogP contribution is 2.39. The van der Waals surface area contributed by atoms with Crippen LogP contribution in [0.2, 0.25) is 18.1 Å². The number of nitrogens with zero attached hydrogens (tertiary/aromatic N) is 1. The Morgan fingerprint density at radius 1 is 1.13 bits per heavy atom. The number of hydrogen-bond donors (Lipinski definition) is 0. The lowest BCUT2D eigenvalue weighted by atomic mass is 10.0. The Balaban J connectivity index is 2.87. The first-order valence-electron chi connectivity index (χ1n) is 11.3. The van der Waals surface area contributed by atoms with Crippen LogP contribution in [-0.4, -0.2) is 42.8 Å². The molecule has 0 atom stereocenters. The van der Waals surface area contributed by atoms with E-state index < -0.39 is 25.6 Å². The second-order valence-corrected chi connectivity index (χ2v) is 16.1. The van der Waals surface area contributed by atoms with E-state index in [1.807, 2.05) is 32.9 Å². The Morgan fingerprint density at radius 3 is 2.26 bits per heavy atom. The standard InChI is InChI=1S/C25H43NO4Si/c1-23(2,3)29-22(28)26(20-15-14-16-21(27)19-20)18-13-11-12-17-25(7,8)30-31(9,10)24(4,5)6/h11,17,19H,13-16,18H2,1-10H3. The van der Waals surface area contributed by atoms with Gasteiger partial charge in [0.2, 0.25) is 0 Å². The van der Waals surface area contributed by atoms with Gasteiger partial charge in [0, 0.05) is 24.7 Å². The van der Waals surface area contributed by atoms with Crippen molar-refractivity contribution in [3.8, 4) is 0 Å². The maximum absolute atomic E-state index is 12.7. The fourth-order valence-electron chi connectivity index (χ4n) is 3.03. The van der Waals surface area contributed by atoms with Crippen molar-refractivity contribution in [3.05, 3.63) is 29.7 Å². The van der Waals surface area contributed by atoms with Gasteiger partial charge in [-0.25, -0.2) is 4.79 Å². The molecule has 0 spiro atoms. The van der Waals surface area contributed by atoms with Gasteiger partial charge in [-0.3, -0.25) is 9.69 Å². The number of amides is 1. The highest BCUT2D eigenvalue weighted by atomic mass is 28.4. The predicted molar refractivity (Wildman–Crippen MR) is 130 cm³/mol. The summed E-state index contributed by atoms with van der Waals surface area (Å²) in [5, 5.41) is 0.140. The van der Waals surface area contributed by atoms with E-state index in [1.165, 1.54) is 0 Å². The van der Waals surface area contributed by atoms with Crippen molar-refractivity contribution in [1.29, 1.82) is 0 Å². The summed E-state index contributed by atoms with van der Waals surface area (Å²) in [7, 11) is -1.89. The molecular weight excluding hydrogens is 406 g/mol. The van der Waals surface area contributed by atoms with Gasteiger partial charge in [-0.1, -0.05) is 20.8 Å². The summed E-state index contributed by atoms with van der Waals surface area (Å²) in [5.41, 5.74) is 2.97. The minimum Gasteiger partial charge on any atom is -0.443 e. The van der Waals surface area contributed by atoms with E-state index in [9.17, 15) is 9.59 Å². The van der Waals surface area contributed by atoms with Gasteiger partial charge in [0.15, 0.2) is 14.1 Å². The first-order chi connectivity index (χ1) is 13.9. The molecule has 31 heavy (non-hydrogen) atoms. The lowest BCUT2D eigenvalue weighted by molar-refractivity contribution is -0.115. The average molecular weight is 450 g/mol. The molecule has 1 rings (SSSR count). The van der Waals surface area contributed by atoms with Crippen molar-refractivity contribution in [2.75, 3.05) is 6.54 Å². The number of carbonyl (C=O) groups is 2. The van der Waals surface area contributed by atoms with Crippen LogP contribution in [0.1, 0.15) is 81.1 Å². The van der Waals surface area contributed by atoms with Crippen LogP contribution in [0.3, 0.4) is 0 Å². The normalized spacial score (nSPS) is 15.7. The van der Waals surface area contributed by atoms with Crippen molar-refractivity contribution >= 4 is 20.2 Å². The number of ketones is 1. The molecule has 0 heterocycles. The molecule has 0 saturated carbocycles. The highest BCUT2D eigenvalue weighted by Gasteiger charge is 2.40. The molecule has 0 aromatic heterocycles. The zero-order valence-corrected chi connectivity index (χ0v) is 22.3. The molecule has 0 N–H and O–H groups in total. The zero-order valence-electron chi connectivity index (χ0n) is 21.3. The van der Waals surface area contributed by atoms with Crippen molar-refractivity contribution in [2.24, 2.45) is 0 Å². The maximum Gasteiger partial charge on any atom is 0.414 e. The van der Waals surface area contributed by atoms with Gasteiger partial charge in [-0.15, -0.1) is 5.73 Å². The van der Waals surface area contributed by atoms with Crippen LogP contribution in [-0.2, 0) is 14.0 Å². The van der Waals surface area contributed by atoms with Crippen LogP contribution in [0.25, 0.3) is 0 Å². The van der Waals surface area contributed by atoms with E-state index in [0.717, 1.165) is 12.1 Å². The maximum atomic E-state index is 12.7. The Hall–Kier alpha value is -1.62. The highest BCUT2D eigenvalue weighted by molar-refractivity contribution is 6.74. The molecule has 0 radical (unpaired) electrons. The molecule has 1 aliphatic carbocycles. The minimum absolute atomic E-state index is 0.0646. The molecule has 0 aliphatic heterocycles. The Labute approximate surface area is 190 Å². The fraction of sp³-hybridized carbons (Fsp3) is 0.720. The zero-order chi connectivity index (χ0) is 24.1. The quantitative estimate of drug-likeness (QED) is 0.318. The minimum atomic E-state index is -1.89. The van der Waals surface area contributed by atoms with Crippen LogP contribution >= 0.6 is 0 Å². The second-order valence-electron chi connectivity index (χ2n) is 11.4. The molecule has 0 fully saturated rings. The van der Waals surface area contributed by atoms with Crippen LogP contribution in [0.15, 0.2) is 29.7 Å². The van der Waals surface area contributed by atoms with E-state index in [-0.39, 0.29) is 10.8 Å².